The van der Waals surface area contributed by atoms with Gasteiger partial charge in [0.1, 0.15) is 5.75 Å². The molecule has 0 saturated heterocycles. The van der Waals surface area contributed by atoms with Gasteiger partial charge in [0, 0.05) is 21.9 Å². The molecule has 0 radical (unpaired) electrons. The summed E-state index contributed by atoms with van der Waals surface area (Å²) in [5, 5.41) is 0. The number of hydrogen-bond acceptors (Lipinski definition) is 3. The lowest BCUT2D eigenvalue weighted by Gasteiger charge is -2.17. The maximum atomic E-state index is 5.64. The number of thioether (sulfide) groups is 1. The van der Waals surface area contributed by atoms with Gasteiger partial charge in [0.25, 0.3) is 0 Å². The molecule has 1 heterocycles. The predicted octanol–water partition coefficient (Wildman–Crippen LogP) is 4.76. The van der Waals surface area contributed by atoms with Crippen LogP contribution in [0.2, 0.25) is 0 Å². The second-order valence-electron chi connectivity index (χ2n) is 4.96. The Hall–Kier alpha value is -1.48. The molecule has 0 spiro atoms. The Kier molecular flexibility index (Phi) is 3.92. The molecule has 3 heteroatoms. The molecule has 0 aliphatic carbocycles. The van der Waals surface area contributed by atoms with Crippen molar-refractivity contribution in [1.82, 2.24) is 4.98 Å². The Morgan fingerprint density at radius 1 is 1.00 bits per heavy atom. The average Bonchev–Trinajstić information content (AvgIpc) is 2.31. The van der Waals surface area contributed by atoms with Gasteiger partial charge < -0.3 is 4.74 Å². The Balaban J connectivity index is 2.04. The van der Waals surface area contributed by atoms with E-state index in [1.165, 1.54) is 0 Å². The fourth-order valence-corrected chi connectivity index (χ4v) is 2.40. The van der Waals surface area contributed by atoms with Crippen LogP contribution in [0, 0.1) is 0 Å². The summed E-state index contributed by atoms with van der Waals surface area (Å²) in [6, 6.07) is 13.6. The Morgan fingerprint density at radius 3 is 2.28 bits per heavy atom. The van der Waals surface area contributed by atoms with Crippen LogP contribution in [0.5, 0.6) is 11.6 Å². The predicted molar refractivity (Wildman–Crippen MR) is 76.4 cm³/mol. The summed E-state index contributed by atoms with van der Waals surface area (Å²) >= 11 is 1.80. The van der Waals surface area contributed by atoms with E-state index in [0.717, 1.165) is 10.6 Å². The number of para-hydroxylation sites is 1. The maximum Gasteiger partial charge on any atom is 0.219 e. The molecule has 0 amide bonds. The molecule has 0 saturated carbocycles. The molecule has 2 nitrogen and oxygen atoms in total. The second kappa shape index (κ2) is 5.44. The quantitative estimate of drug-likeness (QED) is 0.742. The highest BCUT2D eigenvalue weighted by molar-refractivity contribution is 8.00. The van der Waals surface area contributed by atoms with Gasteiger partial charge in [0.05, 0.1) is 0 Å². The van der Waals surface area contributed by atoms with Crippen LogP contribution in [0.3, 0.4) is 0 Å². The molecule has 1 aromatic heterocycles. The molecule has 2 rings (SSSR count). The minimum atomic E-state index is 0.198. The second-order valence-corrected chi connectivity index (χ2v) is 6.86. The first-order valence-corrected chi connectivity index (χ1v) is 6.72. The number of hydrogen-bond donors (Lipinski definition) is 0. The number of benzene rings is 1. The summed E-state index contributed by atoms with van der Waals surface area (Å²) in [7, 11) is 0. The van der Waals surface area contributed by atoms with Crippen molar-refractivity contribution in [2.75, 3.05) is 0 Å². The van der Waals surface area contributed by atoms with Crippen molar-refractivity contribution in [3.8, 4) is 11.6 Å². The van der Waals surface area contributed by atoms with Crippen molar-refractivity contribution in [1.29, 1.82) is 0 Å². The van der Waals surface area contributed by atoms with Crippen LogP contribution in [0.4, 0.5) is 0 Å². The van der Waals surface area contributed by atoms with Gasteiger partial charge in [0.2, 0.25) is 5.88 Å². The van der Waals surface area contributed by atoms with E-state index < -0.39 is 0 Å². The molecule has 0 aliphatic rings. The van der Waals surface area contributed by atoms with Crippen molar-refractivity contribution in [2.24, 2.45) is 0 Å². The lowest BCUT2D eigenvalue weighted by Crippen LogP contribution is -2.06. The molecular weight excluding hydrogens is 242 g/mol. The molecule has 0 atom stereocenters. The summed E-state index contributed by atoms with van der Waals surface area (Å²) in [6.45, 7) is 6.56. The van der Waals surface area contributed by atoms with Crippen molar-refractivity contribution in [2.45, 2.75) is 30.4 Å². The standard InChI is InChI=1S/C15H17NOS/c1-15(2,3)18-13-9-10-14(16-11-13)17-12-7-5-4-6-8-12/h4-11H,1-3H3. The van der Waals surface area contributed by atoms with Gasteiger partial charge in [0.15, 0.2) is 0 Å². The van der Waals surface area contributed by atoms with Crippen LogP contribution in [-0.2, 0) is 0 Å². The summed E-state index contributed by atoms with van der Waals surface area (Å²) < 4.78 is 5.84. The third-order valence-corrected chi connectivity index (χ3v) is 3.19. The van der Waals surface area contributed by atoms with Crippen LogP contribution in [-0.4, -0.2) is 9.73 Å². The highest BCUT2D eigenvalue weighted by atomic mass is 32.2. The first kappa shape index (κ1) is 13.0. The summed E-state index contributed by atoms with van der Waals surface area (Å²) in [5.74, 6) is 1.43. The van der Waals surface area contributed by atoms with Crippen molar-refractivity contribution in [3.63, 3.8) is 0 Å². The largest absolute Gasteiger partial charge is 0.439 e. The number of nitrogens with zero attached hydrogens (tertiary/aromatic N) is 1. The van der Waals surface area contributed by atoms with Crippen LogP contribution in [0.25, 0.3) is 0 Å². The van der Waals surface area contributed by atoms with E-state index in [9.17, 15) is 0 Å². The molecule has 0 fully saturated rings. The molecule has 0 bridgehead atoms. The Bertz CT molecular complexity index is 488. The highest BCUT2D eigenvalue weighted by Gasteiger charge is 2.12. The van der Waals surface area contributed by atoms with E-state index in [0.29, 0.717) is 5.88 Å². The molecule has 0 unspecified atom stereocenters. The fraction of sp³-hybridized carbons (Fsp3) is 0.267. The van der Waals surface area contributed by atoms with E-state index in [1.807, 2.05) is 48.7 Å². The van der Waals surface area contributed by atoms with Gasteiger partial charge in [-0.05, 0) is 18.2 Å². The SMILES string of the molecule is CC(C)(C)Sc1ccc(Oc2ccccc2)nc1. The number of rotatable bonds is 3. The van der Waals surface area contributed by atoms with E-state index in [1.54, 1.807) is 11.8 Å². The van der Waals surface area contributed by atoms with Gasteiger partial charge in [-0.1, -0.05) is 39.0 Å². The minimum absolute atomic E-state index is 0.198. The lowest BCUT2D eigenvalue weighted by atomic mass is 10.3. The number of pyridine rings is 1. The van der Waals surface area contributed by atoms with Gasteiger partial charge in [-0.25, -0.2) is 4.98 Å². The molecular formula is C15H17NOS. The fourth-order valence-electron chi connectivity index (χ4n) is 1.45. The summed E-state index contributed by atoms with van der Waals surface area (Å²) in [4.78, 5) is 5.47. The van der Waals surface area contributed by atoms with Crippen LogP contribution >= 0.6 is 11.8 Å². The number of ether oxygens (including phenoxy) is 1. The molecule has 0 aliphatic heterocycles. The molecule has 0 N–H and O–H groups in total. The van der Waals surface area contributed by atoms with Crippen molar-refractivity contribution in [3.05, 3.63) is 48.7 Å². The third-order valence-electron chi connectivity index (χ3n) is 2.10. The molecule has 94 valence electrons. The highest BCUT2D eigenvalue weighted by Crippen LogP contribution is 2.32. The Labute approximate surface area is 112 Å². The first-order chi connectivity index (χ1) is 8.53. The summed E-state index contributed by atoms with van der Waals surface area (Å²) in [5.41, 5.74) is 0. The average molecular weight is 259 g/mol. The summed E-state index contributed by atoms with van der Waals surface area (Å²) in [6.07, 6.45) is 1.86. The zero-order valence-electron chi connectivity index (χ0n) is 10.9. The van der Waals surface area contributed by atoms with Gasteiger partial charge in [-0.2, -0.15) is 0 Å². The van der Waals surface area contributed by atoms with Crippen LogP contribution < -0.4 is 4.74 Å². The minimum Gasteiger partial charge on any atom is -0.439 e. The molecule has 1 aromatic carbocycles. The van der Waals surface area contributed by atoms with E-state index in [2.05, 4.69) is 25.8 Å². The zero-order valence-corrected chi connectivity index (χ0v) is 11.7. The smallest absolute Gasteiger partial charge is 0.219 e. The number of aromatic nitrogens is 1. The van der Waals surface area contributed by atoms with Crippen LogP contribution in [0.1, 0.15) is 20.8 Å². The molecule has 2 aromatic rings. The lowest BCUT2D eigenvalue weighted by molar-refractivity contribution is 0.462. The van der Waals surface area contributed by atoms with E-state index >= 15 is 0 Å². The monoisotopic (exact) mass is 259 g/mol. The normalized spacial score (nSPS) is 11.3. The van der Waals surface area contributed by atoms with Gasteiger partial charge in [-0.15, -0.1) is 11.8 Å². The molecule has 18 heavy (non-hydrogen) atoms. The first-order valence-electron chi connectivity index (χ1n) is 5.91. The van der Waals surface area contributed by atoms with Crippen molar-refractivity contribution >= 4 is 11.8 Å². The topological polar surface area (TPSA) is 22.1 Å². The van der Waals surface area contributed by atoms with E-state index in [-0.39, 0.29) is 4.75 Å². The van der Waals surface area contributed by atoms with Crippen molar-refractivity contribution < 1.29 is 4.74 Å². The third kappa shape index (κ3) is 4.08. The van der Waals surface area contributed by atoms with E-state index in [4.69, 9.17) is 4.74 Å². The van der Waals surface area contributed by atoms with Gasteiger partial charge in [-0.3, -0.25) is 0 Å². The maximum absolute atomic E-state index is 5.64. The Morgan fingerprint density at radius 2 is 1.72 bits per heavy atom. The zero-order chi connectivity index (χ0) is 13.0. The van der Waals surface area contributed by atoms with Gasteiger partial charge >= 0.3 is 0 Å². The van der Waals surface area contributed by atoms with Crippen LogP contribution in [0.15, 0.2) is 53.6 Å².